The molecule has 0 spiro atoms. The first-order valence-corrected chi connectivity index (χ1v) is 8.61. The fourth-order valence-electron chi connectivity index (χ4n) is 2.53. The number of benzene rings is 1. The maximum atomic E-state index is 5.90. The minimum absolute atomic E-state index is 0.391. The molecule has 5 heteroatoms. The zero-order valence-electron chi connectivity index (χ0n) is 14.3. The Kier molecular flexibility index (Phi) is 7.07. The van der Waals surface area contributed by atoms with E-state index in [-0.39, 0.29) is 0 Å². The van der Waals surface area contributed by atoms with Crippen LogP contribution in [0.5, 0.6) is 5.75 Å². The average molecular weight is 316 g/mol. The van der Waals surface area contributed by atoms with Crippen molar-refractivity contribution in [3.8, 4) is 5.75 Å². The molecule has 0 atom stereocenters. The number of nitrogens with two attached hydrogens (primary N) is 1. The summed E-state index contributed by atoms with van der Waals surface area (Å²) in [5.41, 5.74) is 8.90. The molecular weight excluding hydrogens is 288 g/mol. The highest BCUT2D eigenvalue weighted by Crippen LogP contribution is 2.16. The first kappa shape index (κ1) is 17.5. The Labute approximate surface area is 138 Å². The van der Waals surface area contributed by atoms with Gasteiger partial charge >= 0.3 is 0 Å². The summed E-state index contributed by atoms with van der Waals surface area (Å²) in [6.07, 6.45) is 5.85. The molecule has 0 bridgehead atoms. The second-order valence-electron chi connectivity index (χ2n) is 5.76. The number of nitrogens with zero attached hydrogens (tertiary/aromatic N) is 3. The van der Waals surface area contributed by atoms with E-state index in [1.807, 2.05) is 16.8 Å². The van der Waals surface area contributed by atoms with Crippen molar-refractivity contribution < 1.29 is 4.74 Å². The van der Waals surface area contributed by atoms with Crippen molar-refractivity contribution in [2.75, 3.05) is 0 Å². The number of hydrogen-bond acceptors (Lipinski definition) is 4. The molecule has 0 aliphatic rings. The van der Waals surface area contributed by atoms with Crippen LogP contribution in [0.15, 0.2) is 24.3 Å². The third kappa shape index (κ3) is 5.06. The van der Waals surface area contributed by atoms with Crippen molar-refractivity contribution in [3.63, 3.8) is 0 Å². The van der Waals surface area contributed by atoms with Gasteiger partial charge in [0, 0.05) is 13.1 Å². The minimum atomic E-state index is 0.391. The second-order valence-corrected chi connectivity index (χ2v) is 5.76. The quantitative estimate of drug-likeness (QED) is 0.682. The van der Waals surface area contributed by atoms with Gasteiger partial charge in [-0.3, -0.25) is 0 Å². The summed E-state index contributed by atoms with van der Waals surface area (Å²) >= 11 is 0. The lowest BCUT2D eigenvalue weighted by molar-refractivity contribution is 0.289. The van der Waals surface area contributed by atoms with Crippen molar-refractivity contribution in [1.82, 2.24) is 15.0 Å². The van der Waals surface area contributed by atoms with Gasteiger partial charge in [-0.2, -0.15) is 0 Å². The number of unbranched alkanes of at least 4 members (excludes halogenated alkanes) is 3. The van der Waals surface area contributed by atoms with E-state index in [1.165, 1.54) is 24.8 Å². The number of hydrogen-bond donors (Lipinski definition) is 1. The molecule has 1 aromatic carbocycles. The van der Waals surface area contributed by atoms with Crippen molar-refractivity contribution in [2.24, 2.45) is 5.73 Å². The molecule has 0 radical (unpaired) electrons. The molecule has 23 heavy (non-hydrogen) atoms. The lowest BCUT2D eigenvalue weighted by Gasteiger charge is -2.10. The number of rotatable bonds is 10. The van der Waals surface area contributed by atoms with Crippen LogP contribution in [0.25, 0.3) is 0 Å². The zero-order valence-corrected chi connectivity index (χ0v) is 14.3. The van der Waals surface area contributed by atoms with E-state index >= 15 is 0 Å². The van der Waals surface area contributed by atoms with Gasteiger partial charge in [-0.05, 0) is 30.5 Å². The maximum Gasteiger partial charge on any atom is 0.132 e. The predicted octanol–water partition coefficient (Wildman–Crippen LogP) is 3.46. The van der Waals surface area contributed by atoms with E-state index < -0.39 is 0 Å². The topological polar surface area (TPSA) is 66.0 Å². The number of aryl methyl sites for hydroxylation is 2. The van der Waals surface area contributed by atoms with Gasteiger partial charge in [0.2, 0.25) is 0 Å². The summed E-state index contributed by atoms with van der Waals surface area (Å²) in [6.45, 7) is 6.08. The standard InChI is InChI=1S/C18H28N4O/c1-3-5-6-7-12-22-18(17(13-19)20-21-22)14-23-16-10-8-15(4-2)9-11-16/h8-11H,3-7,12-14,19H2,1-2H3. The van der Waals surface area contributed by atoms with Crippen LogP contribution in [-0.2, 0) is 26.1 Å². The molecule has 1 aromatic heterocycles. The SMILES string of the molecule is CCCCCCn1nnc(CN)c1COc1ccc(CC)cc1. The highest BCUT2D eigenvalue weighted by Gasteiger charge is 2.12. The summed E-state index contributed by atoms with van der Waals surface area (Å²) in [4.78, 5) is 0. The highest BCUT2D eigenvalue weighted by molar-refractivity contribution is 5.27. The Morgan fingerprint density at radius 1 is 1.09 bits per heavy atom. The van der Waals surface area contributed by atoms with E-state index in [2.05, 4.69) is 36.3 Å². The van der Waals surface area contributed by atoms with Crippen molar-refractivity contribution in [2.45, 2.75) is 65.6 Å². The summed E-state index contributed by atoms with van der Waals surface area (Å²) in [6, 6.07) is 8.21. The van der Waals surface area contributed by atoms with Gasteiger partial charge in [0.25, 0.3) is 0 Å². The minimum Gasteiger partial charge on any atom is -0.487 e. The van der Waals surface area contributed by atoms with E-state index in [9.17, 15) is 0 Å². The lowest BCUT2D eigenvalue weighted by Crippen LogP contribution is -2.11. The molecule has 1 heterocycles. The molecule has 5 nitrogen and oxygen atoms in total. The molecule has 2 N–H and O–H groups in total. The van der Waals surface area contributed by atoms with E-state index in [0.717, 1.165) is 36.5 Å². The predicted molar refractivity (Wildman–Crippen MR) is 92.2 cm³/mol. The Morgan fingerprint density at radius 2 is 1.87 bits per heavy atom. The van der Waals surface area contributed by atoms with Crippen LogP contribution in [0.3, 0.4) is 0 Å². The summed E-state index contributed by atoms with van der Waals surface area (Å²) in [7, 11) is 0. The molecule has 0 unspecified atom stereocenters. The van der Waals surface area contributed by atoms with Crippen molar-refractivity contribution in [1.29, 1.82) is 0 Å². The Hall–Kier alpha value is -1.88. The fourth-order valence-corrected chi connectivity index (χ4v) is 2.53. The first-order chi connectivity index (χ1) is 11.3. The monoisotopic (exact) mass is 316 g/mol. The third-order valence-corrected chi connectivity index (χ3v) is 4.04. The van der Waals surface area contributed by atoms with Crippen molar-refractivity contribution in [3.05, 3.63) is 41.2 Å². The molecule has 126 valence electrons. The molecule has 0 saturated carbocycles. The van der Waals surface area contributed by atoms with Crippen LogP contribution in [0.2, 0.25) is 0 Å². The lowest BCUT2D eigenvalue weighted by atomic mass is 10.2. The second kappa shape index (κ2) is 9.30. The van der Waals surface area contributed by atoms with Crippen LogP contribution >= 0.6 is 0 Å². The smallest absolute Gasteiger partial charge is 0.132 e. The fraction of sp³-hybridized carbons (Fsp3) is 0.556. The normalized spacial score (nSPS) is 10.9. The third-order valence-electron chi connectivity index (χ3n) is 4.04. The Bertz CT molecular complexity index is 577. The van der Waals surface area contributed by atoms with Crippen LogP contribution in [0.4, 0.5) is 0 Å². The van der Waals surface area contributed by atoms with Crippen LogP contribution in [0, 0.1) is 0 Å². The largest absolute Gasteiger partial charge is 0.487 e. The van der Waals surface area contributed by atoms with Gasteiger partial charge in [-0.1, -0.05) is 50.5 Å². The van der Waals surface area contributed by atoms with Crippen molar-refractivity contribution >= 4 is 0 Å². The zero-order chi connectivity index (χ0) is 16.5. The number of ether oxygens (including phenoxy) is 1. The van der Waals surface area contributed by atoms with Gasteiger partial charge in [0.15, 0.2) is 0 Å². The summed E-state index contributed by atoms with van der Waals surface area (Å²) < 4.78 is 7.85. The van der Waals surface area contributed by atoms with E-state index in [1.54, 1.807) is 0 Å². The first-order valence-electron chi connectivity index (χ1n) is 8.61. The average Bonchev–Trinajstić information content (AvgIpc) is 2.99. The van der Waals surface area contributed by atoms with E-state index in [4.69, 9.17) is 10.5 Å². The van der Waals surface area contributed by atoms with E-state index in [0.29, 0.717) is 13.2 Å². The van der Waals surface area contributed by atoms with Crippen LogP contribution < -0.4 is 10.5 Å². The van der Waals surface area contributed by atoms with Gasteiger partial charge in [-0.25, -0.2) is 4.68 Å². The van der Waals surface area contributed by atoms with Gasteiger partial charge in [0.05, 0.1) is 0 Å². The molecule has 2 rings (SSSR count). The van der Waals surface area contributed by atoms with Crippen LogP contribution in [0.1, 0.15) is 56.5 Å². The Morgan fingerprint density at radius 3 is 2.52 bits per heavy atom. The molecule has 0 fully saturated rings. The molecular formula is C18H28N4O. The molecule has 2 aromatic rings. The Balaban J connectivity index is 1.97. The maximum absolute atomic E-state index is 5.90. The molecule has 0 saturated heterocycles. The van der Waals surface area contributed by atoms with Gasteiger partial charge in [-0.15, -0.1) is 5.10 Å². The summed E-state index contributed by atoms with van der Waals surface area (Å²) in [5.74, 6) is 0.865. The molecule has 0 amide bonds. The van der Waals surface area contributed by atoms with Crippen LogP contribution in [-0.4, -0.2) is 15.0 Å². The molecule has 0 aliphatic carbocycles. The van der Waals surface area contributed by atoms with Gasteiger partial charge < -0.3 is 10.5 Å². The molecule has 0 aliphatic heterocycles. The summed E-state index contributed by atoms with van der Waals surface area (Å²) in [5, 5.41) is 8.41. The highest BCUT2D eigenvalue weighted by atomic mass is 16.5. The van der Waals surface area contributed by atoms with Gasteiger partial charge in [0.1, 0.15) is 23.7 Å². The number of aromatic nitrogens is 3.